The number of anilines is 1. The van der Waals surface area contributed by atoms with E-state index < -0.39 is 6.23 Å². The average Bonchev–Trinajstić information content (AvgIpc) is 3.61. The first-order chi connectivity index (χ1) is 20.1. The van der Waals surface area contributed by atoms with Gasteiger partial charge in [-0.05, 0) is 53.6 Å². The second-order valence-electron chi connectivity index (χ2n) is 9.96. The Hall–Kier alpha value is -5.34. The van der Waals surface area contributed by atoms with Crippen molar-refractivity contribution in [1.82, 2.24) is 25.1 Å². The van der Waals surface area contributed by atoms with Crippen LogP contribution in [0.25, 0.3) is 55.6 Å². The SMILES string of the molecule is OC(Cc1ccccc1)Nc1cncc(-c2ccc3[nH]nc(-c4cc5c(-c6cccc(F)c6)nccc5[nH]4)c3c2)c1. The minimum absolute atomic E-state index is 0.303. The zero-order valence-electron chi connectivity index (χ0n) is 21.8. The molecule has 7 rings (SSSR count). The van der Waals surface area contributed by atoms with Gasteiger partial charge in [0.2, 0.25) is 0 Å². The van der Waals surface area contributed by atoms with E-state index in [-0.39, 0.29) is 5.82 Å². The summed E-state index contributed by atoms with van der Waals surface area (Å²) in [6.07, 6.45) is 4.96. The van der Waals surface area contributed by atoms with E-state index in [0.717, 1.165) is 55.6 Å². The molecular formula is C33H25FN6O. The molecule has 0 aliphatic rings. The Morgan fingerprint density at radius 2 is 1.66 bits per heavy atom. The number of rotatable bonds is 7. The molecule has 0 saturated carbocycles. The minimum Gasteiger partial charge on any atom is -0.373 e. The molecule has 4 heterocycles. The second kappa shape index (κ2) is 10.3. The third-order valence-corrected chi connectivity index (χ3v) is 7.14. The average molecular weight is 541 g/mol. The maximum absolute atomic E-state index is 13.9. The van der Waals surface area contributed by atoms with E-state index >= 15 is 0 Å². The van der Waals surface area contributed by atoms with Crippen LogP contribution in [-0.4, -0.2) is 36.5 Å². The van der Waals surface area contributed by atoms with Gasteiger partial charge in [-0.25, -0.2) is 4.39 Å². The van der Waals surface area contributed by atoms with Crippen LogP contribution in [0.2, 0.25) is 0 Å². The minimum atomic E-state index is -0.744. The highest BCUT2D eigenvalue weighted by molar-refractivity contribution is 6.00. The molecule has 3 aromatic carbocycles. The molecule has 0 fully saturated rings. The van der Waals surface area contributed by atoms with Gasteiger partial charge in [-0.1, -0.05) is 48.5 Å². The van der Waals surface area contributed by atoms with Gasteiger partial charge in [0, 0.05) is 46.2 Å². The van der Waals surface area contributed by atoms with Gasteiger partial charge in [-0.2, -0.15) is 5.10 Å². The number of fused-ring (bicyclic) bond motifs is 2. The summed E-state index contributed by atoms with van der Waals surface area (Å²) in [4.78, 5) is 12.4. The van der Waals surface area contributed by atoms with Crippen molar-refractivity contribution >= 4 is 27.5 Å². The molecule has 0 radical (unpaired) electrons. The summed E-state index contributed by atoms with van der Waals surface area (Å²) < 4.78 is 13.9. The Morgan fingerprint density at radius 3 is 2.54 bits per heavy atom. The number of aliphatic hydroxyl groups is 1. The molecule has 4 N–H and O–H groups in total. The molecule has 0 saturated heterocycles. The molecule has 41 heavy (non-hydrogen) atoms. The van der Waals surface area contributed by atoms with Gasteiger partial charge in [0.1, 0.15) is 17.7 Å². The van der Waals surface area contributed by atoms with E-state index in [1.54, 1.807) is 24.7 Å². The Bertz CT molecular complexity index is 2000. The lowest BCUT2D eigenvalue weighted by molar-refractivity contribution is 0.204. The summed E-state index contributed by atoms with van der Waals surface area (Å²) in [5, 5.41) is 23.3. The van der Waals surface area contributed by atoms with Crippen LogP contribution in [0.5, 0.6) is 0 Å². The van der Waals surface area contributed by atoms with Crippen LogP contribution in [0, 0.1) is 5.82 Å². The van der Waals surface area contributed by atoms with E-state index in [4.69, 9.17) is 0 Å². The molecule has 7 aromatic rings. The van der Waals surface area contributed by atoms with Crippen LogP contribution in [-0.2, 0) is 6.42 Å². The van der Waals surface area contributed by atoms with Crippen molar-refractivity contribution < 1.29 is 9.50 Å². The Morgan fingerprint density at radius 1 is 0.780 bits per heavy atom. The molecule has 0 aliphatic heterocycles. The van der Waals surface area contributed by atoms with E-state index in [1.807, 2.05) is 66.7 Å². The number of nitrogens with zero attached hydrogens (tertiary/aromatic N) is 3. The zero-order chi connectivity index (χ0) is 27.8. The number of aliphatic hydroxyl groups excluding tert-OH is 1. The highest BCUT2D eigenvalue weighted by atomic mass is 19.1. The number of aromatic nitrogens is 5. The fourth-order valence-corrected chi connectivity index (χ4v) is 5.20. The number of hydrogen-bond acceptors (Lipinski definition) is 5. The maximum atomic E-state index is 13.9. The lowest BCUT2D eigenvalue weighted by atomic mass is 10.0. The number of hydrogen-bond donors (Lipinski definition) is 4. The summed E-state index contributed by atoms with van der Waals surface area (Å²) in [5.41, 5.74) is 8.44. The summed E-state index contributed by atoms with van der Waals surface area (Å²) in [6, 6.07) is 28.3. The Kier molecular flexibility index (Phi) is 6.22. The van der Waals surface area contributed by atoms with Gasteiger partial charge >= 0.3 is 0 Å². The third kappa shape index (κ3) is 4.92. The van der Waals surface area contributed by atoms with Crippen LogP contribution in [0.1, 0.15) is 5.56 Å². The summed E-state index contributed by atoms with van der Waals surface area (Å²) in [7, 11) is 0. The number of aromatic amines is 2. The first kappa shape index (κ1) is 24.7. The number of benzene rings is 3. The number of pyridine rings is 2. The first-order valence-electron chi connectivity index (χ1n) is 13.3. The van der Waals surface area contributed by atoms with Crippen LogP contribution in [0.15, 0.2) is 110 Å². The van der Waals surface area contributed by atoms with Crippen molar-refractivity contribution in [3.63, 3.8) is 0 Å². The monoisotopic (exact) mass is 540 g/mol. The fourth-order valence-electron chi connectivity index (χ4n) is 5.20. The van der Waals surface area contributed by atoms with Gasteiger partial charge in [0.05, 0.1) is 28.8 Å². The number of nitrogens with one attached hydrogen (secondary N) is 3. The number of halogens is 1. The van der Waals surface area contributed by atoms with Crippen LogP contribution in [0.4, 0.5) is 10.1 Å². The fraction of sp³-hybridized carbons (Fsp3) is 0.0606. The van der Waals surface area contributed by atoms with Crippen molar-refractivity contribution in [2.45, 2.75) is 12.6 Å². The molecule has 0 bridgehead atoms. The maximum Gasteiger partial charge on any atom is 0.128 e. The molecule has 8 heteroatoms. The molecule has 0 aliphatic carbocycles. The largest absolute Gasteiger partial charge is 0.373 e. The normalized spacial score (nSPS) is 12.1. The smallest absolute Gasteiger partial charge is 0.128 e. The molecule has 200 valence electrons. The van der Waals surface area contributed by atoms with Crippen LogP contribution in [0.3, 0.4) is 0 Å². The van der Waals surface area contributed by atoms with Crippen LogP contribution < -0.4 is 5.32 Å². The van der Waals surface area contributed by atoms with Gasteiger partial charge < -0.3 is 15.4 Å². The van der Waals surface area contributed by atoms with Gasteiger partial charge in [0.25, 0.3) is 0 Å². The lowest BCUT2D eigenvalue weighted by Gasteiger charge is -2.15. The highest BCUT2D eigenvalue weighted by Gasteiger charge is 2.16. The predicted octanol–water partition coefficient (Wildman–Crippen LogP) is 6.95. The van der Waals surface area contributed by atoms with E-state index in [1.165, 1.54) is 12.1 Å². The molecular weight excluding hydrogens is 515 g/mol. The van der Waals surface area contributed by atoms with Gasteiger partial charge in [-0.15, -0.1) is 0 Å². The van der Waals surface area contributed by atoms with E-state index in [9.17, 15) is 9.50 Å². The van der Waals surface area contributed by atoms with Crippen molar-refractivity contribution in [2.75, 3.05) is 5.32 Å². The lowest BCUT2D eigenvalue weighted by Crippen LogP contribution is -2.21. The van der Waals surface area contributed by atoms with Gasteiger partial charge in [-0.3, -0.25) is 15.1 Å². The summed E-state index contributed by atoms with van der Waals surface area (Å²) in [5.74, 6) is -0.303. The second-order valence-corrected chi connectivity index (χ2v) is 9.96. The molecule has 4 aromatic heterocycles. The third-order valence-electron chi connectivity index (χ3n) is 7.14. The molecule has 0 spiro atoms. The van der Waals surface area contributed by atoms with Gasteiger partial charge in [0.15, 0.2) is 0 Å². The highest BCUT2D eigenvalue weighted by Crippen LogP contribution is 2.34. The molecule has 1 atom stereocenters. The summed E-state index contributed by atoms with van der Waals surface area (Å²) in [6.45, 7) is 0. The summed E-state index contributed by atoms with van der Waals surface area (Å²) >= 11 is 0. The quantitative estimate of drug-likeness (QED) is 0.164. The molecule has 7 nitrogen and oxygen atoms in total. The van der Waals surface area contributed by atoms with E-state index in [0.29, 0.717) is 17.7 Å². The molecule has 1 unspecified atom stereocenters. The topological polar surface area (TPSA) is 103 Å². The van der Waals surface area contributed by atoms with Crippen molar-refractivity contribution in [3.05, 3.63) is 121 Å². The van der Waals surface area contributed by atoms with E-state index in [2.05, 4.69) is 36.5 Å². The van der Waals surface area contributed by atoms with Crippen LogP contribution >= 0.6 is 0 Å². The van der Waals surface area contributed by atoms with Crippen molar-refractivity contribution in [2.24, 2.45) is 0 Å². The standard InChI is InChI=1S/C33H25FN6O/c34-24-8-4-7-22(14-24)32-27-17-30(38-28(27)11-12-36-32)33-26-16-21(9-10-29(26)39-40-33)23-15-25(19-35-18-23)37-31(41)13-20-5-2-1-3-6-20/h1-12,14-19,31,37-38,41H,13H2,(H,39,40). The Balaban J connectivity index is 1.21. The first-order valence-corrected chi connectivity index (χ1v) is 13.3. The zero-order valence-corrected chi connectivity index (χ0v) is 21.8. The number of H-pyrrole nitrogens is 2. The molecule has 0 amide bonds. The van der Waals surface area contributed by atoms with Crippen molar-refractivity contribution in [3.8, 4) is 33.8 Å². The van der Waals surface area contributed by atoms with Crippen molar-refractivity contribution in [1.29, 1.82) is 0 Å². The Labute approximate surface area is 234 Å². The predicted molar refractivity (Wildman–Crippen MR) is 160 cm³/mol.